The summed E-state index contributed by atoms with van der Waals surface area (Å²) in [5.74, 6) is 0.560. The maximum Gasteiger partial charge on any atom is 0.261 e. The molecule has 0 saturated carbocycles. The monoisotopic (exact) mass is 577 g/mol. The second-order valence-corrected chi connectivity index (χ2v) is 10.5. The summed E-state index contributed by atoms with van der Waals surface area (Å²) in [4.78, 5) is 4.58. The molecule has 0 aromatic carbocycles. The first kappa shape index (κ1) is 34.5. The molecule has 10 nitrogen and oxygen atoms in total. The van der Waals surface area contributed by atoms with Gasteiger partial charge < -0.3 is 44.5 Å². The molecular weight excluding hydrogens is 530 g/mol. The fourth-order valence-corrected chi connectivity index (χ4v) is 4.53. The fraction of sp³-hybridized carbons (Fsp3) is 0.581. The number of allylic oxidation sites excluding steroid dienone is 6. The van der Waals surface area contributed by atoms with E-state index in [1.807, 2.05) is 52.8 Å². The quantitative estimate of drug-likeness (QED) is 0.175. The van der Waals surface area contributed by atoms with Crippen LogP contribution in [0.4, 0.5) is 0 Å². The topological polar surface area (TPSA) is 151 Å². The second kappa shape index (κ2) is 16.1. The second-order valence-electron chi connectivity index (χ2n) is 10.5. The van der Waals surface area contributed by atoms with Crippen molar-refractivity contribution in [2.75, 3.05) is 20.8 Å². The molecule has 1 aliphatic heterocycles. The molecule has 7 atom stereocenters. The number of aromatic nitrogens is 1. The smallest absolute Gasteiger partial charge is 0.261 e. The van der Waals surface area contributed by atoms with Crippen molar-refractivity contribution in [2.45, 2.75) is 91.2 Å². The molecule has 1 fully saturated rings. The molecule has 0 amide bonds. The molecule has 2 heterocycles. The lowest BCUT2D eigenvalue weighted by atomic mass is 9.96. The lowest BCUT2D eigenvalue weighted by Crippen LogP contribution is -2.60. The normalized spacial score (nSPS) is 25.8. The Balaban J connectivity index is 2.22. The molecule has 1 aliphatic rings. The van der Waals surface area contributed by atoms with E-state index in [1.165, 1.54) is 14.2 Å². The van der Waals surface area contributed by atoms with E-state index in [4.69, 9.17) is 18.9 Å². The highest BCUT2D eigenvalue weighted by Gasteiger charge is 2.45. The highest BCUT2D eigenvalue weighted by Crippen LogP contribution is 2.41. The number of methoxy groups -OCH3 is 2. The summed E-state index contributed by atoms with van der Waals surface area (Å²) in [5.41, 5.74) is 4.38. The number of nitrogens with zero attached hydrogens (tertiary/aromatic N) is 1. The summed E-state index contributed by atoms with van der Waals surface area (Å²) in [6, 6.07) is 0. The zero-order chi connectivity index (χ0) is 30.9. The van der Waals surface area contributed by atoms with Crippen molar-refractivity contribution in [3.63, 3.8) is 0 Å². The number of rotatable bonds is 13. The average molecular weight is 578 g/mol. The summed E-state index contributed by atoms with van der Waals surface area (Å²) in [6.45, 7) is 11.1. The molecule has 230 valence electrons. The number of hydrogen-bond donors (Lipinski definition) is 5. The molecule has 0 bridgehead atoms. The van der Waals surface area contributed by atoms with Gasteiger partial charge in [-0.15, -0.1) is 0 Å². The van der Waals surface area contributed by atoms with Crippen molar-refractivity contribution < 1.29 is 44.5 Å². The van der Waals surface area contributed by atoms with Crippen molar-refractivity contribution >= 4 is 0 Å². The number of ether oxygens (including phenoxy) is 4. The van der Waals surface area contributed by atoms with Gasteiger partial charge in [-0.3, -0.25) is 0 Å². The zero-order valence-electron chi connectivity index (χ0n) is 25.4. The Kier molecular flexibility index (Phi) is 13.5. The largest absolute Gasteiger partial charge is 0.489 e. The molecule has 0 spiro atoms. The molecule has 5 N–H and O–H groups in total. The molecular formula is C31H47NO9. The van der Waals surface area contributed by atoms with Crippen LogP contribution in [0, 0.1) is 12.8 Å². The fourth-order valence-electron chi connectivity index (χ4n) is 4.53. The zero-order valence-corrected chi connectivity index (χ0v) is 25.4. The molecule has 1 aromatic heterocycles. The van der Waals surface area contributed by atoms with E-state index in [0.717, 1.165) is 23.1 Å². The number of aliphatic hydroxyl groups excluding tert-OH is 5. The van der Waals surface area contributed by atoms with E-state index in [2.05, 4.69) is 17.1 Å². The molecule has 10 heteroatoms. The van der Waals surface area contributed by atoms with Gasteiger partial charge in [0.15, 0.2) is 5.75 Å². The minimum Gasteiger partial charge on any atom is -0.489 e. The van der Waals surface area contributed by atoms with Gasteiger partial charge in [0.25, 0.3) is 5.88 Å². The van der Waals surface area contributed by atoms with Crippen LogP contribution in [0.25, 0.3) is 0 Å². The number of hydrogen-bond acceptors (Lipinski definition) is 10. The molecule has 41 heavy (non-hydrogen) atoms. The Bertz CT molecular complexity index is 1130. The van der Waals surface area contributed by atoms with Gasteiger partial charge in [-0.05, 0) is 46.6 Å². The molecule has 0 aliphatic carbocycles. The first-order valence-electron chi connectivity index (χ1n) is 13.8. The molecule has 0 unspecified atom stereocenters. The van der Waals surface area contributed by atoms with Crippen LogP contribution in [0.5, 0.6) is 17.4 Å². The Labute approximate surface area is 243 Å². The predicted octanol–water partition coefficient (Wildman–Crippen LogP) is 2.93. The van der Waals surface area contributed by atoms with Gasteiger partial charge in [0.1, 0.15) is 24.4 Å². The van der Waals surface area contributed by atoms with Crippen LogP contribution in [0.15, 0.2) is 47.1 Å². The number of pyridine rings is 1. The van der Waals surface area contributed by atoms with Crippen molar-refractivity contribution in [2.24, 2.45) is 5.92 Å². The lowest BCUT2D eigenvalue weighted by molar-refractivity contribution is -0.277. The third-order valence-corrected chi connectivity index (χ3v) is 7.30. The Morgan fingerprint density at radius 2 is 1.73 bits per heavy atom. The predicted molar refractivity (Wildman–Crippen MR) is 156 cm³/mol. The van der Waals surface area contributed by atoms with Gasteiger partial charge in [0.05, 0.1) is 32.6 Å². The van der Waals surface area contributed by atoms with E-state index in [1.54, 1.807) is 6.92 Å². The highest BCUT2D eigenvalue weighted by atomic mass is 16.7. The van der Waals surface area contributed by atoms with Gasteiger partial charge in [-0.2, -0.15) is 0 Å². The van der Waals surface area contributed by atoms with Crippen LogP contribution >= 0.6 is 0 Å². The minimum atomic E-state index is -1.58. The van der Waals surface area contributed by atoms with Gasteiger partial charge >= 0.3 is 0 Å². The summed E-state index contributed by atoms with van der Waals surface area (Å²) >= 11 is 0. The summed E-state index contributed by atoms with van der Waals surface area (Å²) < 4.78 is 22.4. The highest BCUT2D eigenvalue weighted by molar-refractivity contribution is 5.54. The maximum absolute atomic E-state index is 10.5. The van der Waals surface area contributed by atoms with Crippen molar-refractivity contribution in [3.8, 4) is 17.4 Å². The van der Waals surface area contributed by atoms with E-state index < -0.39 is 43.4 Å². The standard InChI is InChI=1S/C31H47NO9/c1-9-19(4)24(34)20(5)15-18(3)12-10-11-17(2)13-14-22-21(6)28(29(38-7)30(32-22)39-8)41-31-27(37)26(36)25(35)23(16-33)40-31/h9-10,12-13,15,20,23-27,31,33-37H,11,14,16H2,1-8H3/t20-,23+,24-,25+,26+,27+,31-/m0/s1. The van der Waals surface area contributed by atoms with Gasteiger partial charge in [0, 0.05) is 17.9 Å². The Morgan fingerprint density at radius 1 is 1.05 bits per heavy atom. The maximum atomic E-state index is 10.5. The van der Waals surface area contributed by atoms with Crippen LogP contribution < -0.4 is 14.2 Å². The lowest BCUT2D eigenvalue weighted by Gasteiger charge is -2.39. The first-order valence-corrected chi connectivity index (χ1v) is 13.8. The van der Waals surface area contributed by atoms with Crippen LogP contribution in [0.2, 0.25) is 0 Å². The van der Waals surface area contributed by atoms with Crippen LogP contribution in [0.3, 0.4) is 0 Å². The summed E-state index contributed by atoms with van der Waals surface area (Å²) in [7, 11) is 2.87. The Hall–Kier alpha value is -2.73. The SMILES string of the molecule is CC=C(C)[C@H](O)[C@@H](C)C=C(C)C=CCC(C)=CCc1nc(OC)c(OC)c(O[C@@H]2O[C@H](CO)[C@@H](O)[C@@H](O)[C@H]2O)c1C. The third-order valence-electron chi connectivity index (χ3n) is 7.30. The number of aliphatic hydroxyl groups is 5. The van der Waals surface area contributed by atoms with Gasteiger partial charge in [-0.1, -0.05) is 48.5 Å². The van der Waals surface area contributed by atoms with Crippen LogP contribution in [-0.4, -0.2) is 88.2 Å². The van der Waals surface area contributed by atoms with Crippen molar-refractivity contribution in [1.82, 2.24) is 4.98 Å². The van der Waals surface area contributed by atoms with Crippen molar-refractivity contribution in [1.29, 1.82) is 0 Å². The van der Waals surface area contributed by atoms with E-state index in [9.17, 15) is 25.5 Å². The summed E-state index contributed by atoms with van der Waals surface area (Å²) in [6.07, 6.45) is 3.65. The van der Waals surface area contributed by atoms with Gasteiger partial charge in [0.2, 0.25) is 12.0 Å². The third kappa shape index (κ3) is 8.88. The van der Waals surface area contributed by atoms with Crippen molar-refractivity contribution in [3.05, 3.63) is 58.4 Å². The average Bonchev–Trinajstić information content (AvgIpc) is 2.96. The minimum absolute atomic E-state index is 0.00554. The molecule has 1 aromatic rings. The summed E-state index contributed by atoms with van der Waals surface area (Å²) in [5, 5.41) is 50.6. The van der Waals surface area contributed by atoms with E-state index in [0.29, 0.717) is 17.7 Å². The van der Waals surface area contributed by atoms with Gasteiger partial charge in [-0.25, -0.2) is 4.98 Å². The van der Waals surface area contributed by atoms with E-state index in [-0.39, 0.29) is 23.3 Å². The van der Waals surface area contributed by atoms with E-state index >= 15 is 0 Å². The molecule has 0 radical (unpaired) electrons. The first-order chi connectivity index (χ1) is 19.4. The van der Waals surface area contributed by atoms with Crippen LogP contribution in [0.1, 0.15) is 52.3 Å². The Morgan fingerprint density at radius 3 is 2.32 bits per heavy atom. The molecule has 2 rings (SSSR count). The molecule has 1 saturated heterocycles. The van der Waals surface area contributed by atoms with Crippen LogP contribution in [-0.2, 0) is 11.2 Å².